The summed E-state index contributed by atoms with van der Waals surface area (Å²) in [4.78, 5) is 37.4. The zero-order chi connectivity index (χ0) is 14.0. The number of piperazine rings is 1. The fraction of sp³-hybridized carbons (Fsp3) is 0.769. The summed E-state index contributed by atoms with van der Waals surface area (Å²) in [5, 5.41) is 5.51. The third-order valence-electron chi connectivity index (χ3n) is 4.02. The van der Waals surface area contributed by atoms with Gasteiger partial charge in [-0.05, 0) is 32.7 Å². The van der Waals surface area contributed by atoms with Crippen molar-refractivity contribution < 1.29 is 14.4 Å². The molecule has 0 saturated carbocycles. The molecular weight excluding hydrogens is 246 g/mol. The molecule has 0 aromatic rings. The number of carbonyl (C=O) groups excluding carboxylic acids is 3. The molecule has 19 heavy (non-hydrogen) atoms. The van der Waals surface area contributed by atoms with Crippen LogP contribution in [0, 0.1) is 5.41 Å². The summed E-state index contributed by atoms with van der Waals surface area (Å²) in [7, 11) is 0. The number of hydrogen-bond donors (Lipinski definition) is 2. The second-order valence-electron chi connectivity index (χ2n) is 5.61. The quantitative estimate of drug-likeness (QED) is 0.670. The molecule has 0 spiro atoms. The zero-order valence-electron chi connectivity index (χ0n) is 11.5. The Balaban J connectivity index is 2.19. The molecule has 0 aromatic heterocycles. The van der Waals surface area contributed by atoms with Crippen molar-refractivity contribution >= 4 is 17.7 Å². The standard InChI is InChI=1S/C13H21N3O3/c1-3-9-11(18)15-10(17)7-16(9)12(19)13(2)5-4-6-14-8-13/h9,14H,3-8H2,1-2H3,(H,15,17,18). The minimum Gasteiger partial charge on any atom is -0.321 e. The Morgan fingerprint density at radius 3 is 2.79 bits per heavy atom. The predicted octanol–water partition coefficient (Wildman–Crippen LogP) is -0.360. The Hall–Kier alpha value is -1.43. The van der Waals surface area contributed by atoms with Gasteiger partial charge in [-0.15, -0.1) is 0 Å². The lowest BCUT2D eigenvalue weighted by Gasteiger charge is -2.41. The van der Waals surface area contributed by atoms with E-state index < -0.39 is 17.4 Å². The molecule has 0 radical (unpaired) electrons. The van der Waals surface area contributed by atoms with E-state index in [0.717, 1.165) is 19.4 Å². The molecule has 2 rings (SSSR count). The predicted molar refractivity (Wildman–Crippen MR) is 69.2 cm³/mol. The van der Waals surface area contributed by atoms with E-state index in [1.54, 1.807) is 0 Å². The maximum atomic E-state index is 12.7. The van der Waals surface area contributed by atoms with Crippen LogP contribution in [-0.4, -0.2) is 48.3 Å². The first-order valence-electron chi connectivity index (χ1n) is 6.83. The Kier molecular flexibility index (Phi) is 3.89. The maximum absolute atomic E-state index is 12.7. The van der Waals surface area contributed by atoms with E-state index in [0.29, 0.717) is 13.0 Å². The van der Waals surface area contributed by atoms with Gasteiger partial charge in [0.15, 0.2) is 0 Å². The Bertz CT molecular complexity index is 402. The van der Waals surface area contributed by atoms with E-state index in [2.05, 4.69) is 10.6 Å². The largest absolute Gasteiger partial charge is 0.321 e. The normalized spacial score (nSPS) is 32.1. The second kappa shape index (κ2) is 5.28. The van der Waals surface area contributed by atoms with Crippen molar-refractivity contribution in [2.24, 2.45) is 5.41 Å². The first-order valence-corrected chi connectivity index (χ1v) is 6.83. The molecule has 6 heteroatoms. The summed E-state index contributed by atoms with van der Waals surface area (Å²) in [6, 6.07) is -0.524. The van der Waals surface area contributed by atoms with Gasteiger partial charge in [0.25, 0.3) is 0 Å². The Labute approximate surface area is 112 Å². The molecule has 2 unspecified atom stereocenters. The van der Waals surface area contributed by atoms with Crippen LogP contribution >= 0.6 is 0 Å². The van der Waals surface area contributed by atoms with Gasteiger partial charge in [-0.1, -0.05) is 6.92 Å². The molecule has 6 nitrogen and oxygen atoms in total. The third kappa shape index (κ3) is 2.63. The Morgan fingerprint density at radius 2 is 2.21 bits per heavy atom. The van der Waals surface area contributed by atoms with Crippen LogP contribution < -0.4 is 10.6 Å². The van der Waals surface area contributed by atoms with Gasteiger partial charge in [0, 0.05) is 6.54 Å². The second-order valence-corrected chi connectivity index (χ2v) is 5.61. The van der Waals surface area contributed by atoms with E-state index in [1.807, 2.05) is 13.8 Å². The molecule has 2 aliphatic heterocycles. The van der Waals surface area contributed by atoms with E-state index in [1.165, 1.54) is 4.90 Å². The lowest BCUT2D eigenvalue weighted by Crippen LogP contribution is -2.63. The molecule has 2 heterocycles. The molecule has 2 aliphatic rings. The van der Waals surface area contributed by atoms with Crippen LogP contribution in [0.3, 0.4) is 0 Å². The van der Waals surface area contributed by atoms with Crippen molar-refractivity contribution in [2.75, 3.05) is 19.6 Å². The number of piperidine rings is 1. The van der Waals surface area contributed by atoms with Crippen LogP contribution in [0.1, 0.15) is 33.1 Å². The summed E-state index contributed by atoms with van der Waals surface area (Å²) in [6.45, 7) is 5.26. The van der Waals surface area contributed by atoms with Crippen molar-refractivity contribution in [2.45, 2.75) is 39.2 Å². The Morgan fingerprint density at radius 1 is 1.47 bits per heavy atom. The fourth-order valence-corrected chi connectivity index (χ4v) is 2.87. The van der Waals surface area contributed by atoms with Gasteiger partial charge in [0.2, 0.25) is 17.7 Å². The zero-order valence-corrected chi connectivity index (χ0v) is 11.5. The molecule has 2 saturated heterocycles. The van der Waals surface area contributed by atoms with Crippen molar-refractivity contribution in [3.63, 3.8) is 0 Å². The van der Waals surface area contributed by atoms with Crippen LogP contribution in [0.25, 0.3) is 0 Å². The fourth-order valence-electron chi connectivity index (χ4n) is 2.87. The summed E-state index contributed by atoms with van der Waals surface area (Å²) < 4.78 is 0. The summed E-state index contributed by atoms with van der Waals surface area (Å²) >= 11 is 0. The van der Waals surface area contributed by atoms with Crippen molar-refractivity contribution in [3.05, 3.63) is 0 Å². The minimum absolute atomic E-state index is 0.0152. The minimum atomic E-state index is -0.524. The van der Waals surface area contributed by atoms with Crippen molar-refractivity contribution in [1.82, 2.24) is 15.5 Å². The summed E-state index contributed by atoms with van der Waals surface area (Å²) in [5.41, 5.74) is -0.510. The highest BCUT2D eigenvalue weighted by molar-refractivity contribution is 6.04. The van der Waals surface area contributed by atoms with Gasteiger partial charge in [-0.2, -0.15) is 0 Å². The average molecular weight is 267 g/mol. The third-order valence-corrected chi connectivity index (χ3v) is 4.02. The van der Waals surface area contributed by atoms with Gasteiger partial charge >= 0.3 is 0 Å². The summed E-state index contributed by atoms with van der Waals surface area (Å²) in [6.07, 6.45) is 2.25. The number of carbonyl (C=O) groups is 3. The monoisotopic (exact) mass is 267 g/mol. The molecule has 2 N–H and O–H groups in total. The maximum Gasteiger partial charge on any atom is 0.249 e. The van der Waals surface area contributed by atoms with Crippen LogP contribution in [-0.2, 0) is 14.4 Å². The number of amides is 3. The van der Waals surface area contributed by atoms with E-state index in [4.69, 9.17) is 0 Å². The number of nitrogens with zero attached hydrogens (tertiary/aromatic N) is 1. The molecule has 2 atom stereocenters. The van der Waals surface area contributed by atoms with E-state index in [-0.39, 0.29) is 18.4 Å². The van der Waals surface area contributed by atoms with Crippen LogP contribution in [0.5, 0.6) is 0 Å². The SMILES string of the molecule is CCC1C(=O)NC(=O)CN1C(=O)C1(C)CCCNC1. The van der Waals surface area contributed by atoms with Crippen LogP contribution in [0.15, 0.2) is 0 Å². The molecule has 2 fully saturated rings. The van der Waals surface area contributed by atoms with Gasteiger partial charge in [-0.25, -0.2) is 0 Å². The summed E-state index contributed by atoms with van der Waals surface area (Å²) in [5.74, 6) is -0.843. The average Bonchev–Trinajstić information content (AvgIpc) is 2.38. The molecule has 3 amide bonds. The highest BCUT2D eigenvalue weighted by atomic mass is 16.2. The number of hydrogen-bond acceptors (Lipinski definition) is 4. The highest BCUT2D eigenvalue weighted by Crippen LogP contribution is 2.29. The number of imide groups is 1. The molecular formula is C13H21N3O3. The van der Waals surface area contributed by atoms with Gasteiger partial charge in [0.1, 0.15) is 12.6 Å². The smallest absolute Gasteiger partial charge is 0.249 e. The molecule has 0 aromatic carbocycles. The van der Waals surface area contributed by atoms with Gasteiger partial charge in [0.05, 0.1) is 5.41 Å². The number of nitrogens with one attached hydrogen (secondary N) is 2. The van der Waals surface area contributed by atoms with Gasteiger partial charge < -0.3 is 10.2 Å². The van der Waals surface area contributed by atoms with Gasteiger partial charge in [-0.3, -0.25) is 19.7 Å². The number of rotatable bonds is 2. The van der Waals surface area contributed by atoms with Crippen molar-refractivity contribution in [1.29, 1.82) is 0 Å². The lowest BCUT2D eigenvalue weighted by molar-refractivity contribution is -0.156. The van der Waals surface area contributed by atoms with Crippen LogP contribution in [0.2, 0.25) is 0 Å². The van der Waals surface area contributed by atoms with Crippen LogP contribution in [0.4, 0.5) is 0 Å². The molecule has 0 aliphatic carbocycles. The molecule has 0 bridgehead atoms. The first-order chi connectivity index (χ1) is 8.98. The topological polar surface area (TPSA) is 78.5 Å². The van der Waals surface area contributed by atoms with Crippen molar-refractivity contribution in [3.8, 4) is 0 Å². The molecule has 106 valence electrons. The highest BCUT2D eigenvalue weighted by Gasteiger charge is 2.43. The van der Waals surface area contributed by atoms with E-state index >= 15 is 0 Å². The van der Waals surface area contributed by atoms with E-state index in [9.17, 15) is 14.4 Å². The first kappa shape index (κ1) is 14.0. The lowest BCUT2D eigenvalue weighted by atomic mass is 9.80.